The minimum Gasteiger partial charge on any atom is -0.496 e. The lowest BCUT2D eigenvalue weighted by atomic mass is 10.2. The number of hydrazine groups is 1. The molecule has 0 aliphatic carbocycles. The molecule has 100 valence electrons. The Morgan fingerprint density at radius 2 is 1.89 bits per heavy atom. The molecule has 1 aromatic heterocycles. The maximum Gasteiger partial charge on any atom is 0.148 e. The molecule has 0 bridgehead atoms. The van der Waals surface area contributed by atoms with Crippen LogP contribution in [0.5, 0.6) is 5.75 Å². The molecule has 19 heavy (non-hydrogen) atoms. The Labute approximate surface area is 112 Å². The van der Waals surface area contributed by atoms with Gasteiger partial charge in [-0.2, -0.15) is 0 Å². The number of aromatic nitrogens is 2. The van der Waals surface area contributed by atoms with Gasteiger partial charge in [-0.1, -0.05) is 0 Å². The van der Waals surface area contributed by atoms with Crippen molar-refractivity contribution < 1.29 is 4.74 Å². The largest absolute Gasteiger partial charge is 0.496 e. The summed E-state index contributed by atoms with van der Waals surface area (Å²) in [5.41, 5.74) is 5.39. The van der Waals surface area contributed by atoms with Crippen LogP contribution in [0.4, 0.5) is 17.3 Å². The Morgan fingerprint density at radius 1 is 1.16 bits per heavy atom. The maximum absolute atomic E-state index is 5.39. The van der Waals surface area contributed by atoms with Crippen LogP contribution in [0.2, 0.25) is 0 Å². The third kappa shape index (κ3) is 2.74. The van der Waals surface area contributed by atoms with Gasteiger partial charge in [0, 0.05) is 11.3 Å². The van der Waals surface area contributed by atoms with Gasteiger partial charge in [0.25, 0.3) is 0 Å². The highest BCUT2D eigenvalue weighted by Gasteiger charge is 2.07. The molecule has 2 aromatic rings. The molecule has 0 amide bonds. The third-order valence-electron chi connectivity index (χ3n) is 2.88. The van der Waals surface area contributed by atoms with E-state index < -0.39 is 0 Å². The second-order valence-electron chi connectivity index (χ2n) is 4.15. The number of aryl methyl sites for hydroxylation is 1. The fourth-order valence-electron chi connectivity index (χ4n) is 1.81. The summed E-state index contributed by atoms with van der Waals surface area (Å²) in [6, 6.07) is 5.84. The topological polar surface area (TPSA) is 85.1 Å². The van der Waals surface area contributed by atoms with E-state index in [1.54, 1.807) is 7.11 Å². The molecule has 0 saturated heterocycles. The van der Waals surface area contributed by atoms with E-state index in [4.69, 9.17) is 10.6 Å². The molecule has 0 fully saturated rings. The number of hydrogen-bond acceptors (Lipinski definition) is 6. The van der Waals surface area contributed by atoms with Crippen LogP contribution < -0.4 is 21.3 Å². The summed E-state index contributed by atoms with van der Waals surface area (Å²) in [5, 5.41) is 3.24. The SMILES string of the molecule is COc1ccc(Nc2ncnc(NN)c2C)cc1C. The van der Waals surface area contributed by atoms with Crippen LogP contribution in [-0.2, 0) is 0 Å². The van der Waals surface area contributed by atoms with E-state index in [0.29, 0.717) is 11.6 Å². The highest BCUT2D eigenvalue weighted by molar-refractivity contribution is 5.65. The van der Waals surface area contributed by atoms with E-state index in [0.717, 1.165) is 22.6 Å². The number of nitrogens with two attached hydrogens (primary N) is 1. The van der Waals surface area contributed by atoms with Gasteiger partial charge in [-0.05, 0) is 37.6 Å². The first kappa shape index (κ1) is 13.1. The molecule has 0 atom stereocenters. The van der Waals surface area contributed by atoms with E-state index in [9.17, 15) is 0 Å². The van der Waals surface area contributed by atoms with E-state index in [-0.39, 0.29) is 0 Å². The summed E-state index contributed by atoms with van der Waals surface area (Å²) in [6.45, 7) is 3.89. The number of hydrogen-bond donors (Lipinski definition) is 3. The highest BCUT2D eigenvalue weighted by Crippen LogP contribution is 2.25. The highest BCUT2D eigenvalue weighted by atomic mass is 16.5. The van der Waals surface area contributed by atoms with Crippen molar-refractivity contribution in [2.75, 3.05) is 17.9 Å². The van der Waals surface area contributed by atoms with Crippen molar-refractivity contribution in [1.82, 2.24) is 9.97 Å². The van der Waals surface area contributed by atoms with E-state index in [1.807, 2.05) is 32.0 Å². The zero-order valence-electron chi connectivity index (χ0n) is 11.2. The normalized spacial score (nSPS) is 10.1. The van der Waals surface area contributed by atoms with Gasteiger partial charge in [-0.25, -0.2) is 15.8 Å². The van der Waals surface area contributed by atoms with Crippen LogP contribution in [0.1, 0.15) is 11.1 Å². The summed E-state index contributed by atoms with van der Waals surface area (Å²) in [6.07, 6.45) is 1.46. The predicted molar refractivity (Wildman–Crippen MR) is 75.6 cm³/mol. The quantitative estimate of drug-likeness (QED) is 0.576. The Kier molecular flexibility index (Phi) is 3.82. The van der Waals surface area contributed by atoms with Gasteiger partial charge < -0.3 is 15.5 Å². The summed E-state index contributed by atoms with van der Waals surface area (Å²) in [5.74, 6) is 7.56. The second-order valence-corrected chi connectivity index (χ2v) is 4.15. The molecular weight excluding hydrogens is 242 g/mol. The standard InChI is InChI=1S/C13H17N5O/c1-8-6-10(4-5-11(8)19-3)17-12-9(2)13(18-14)16-7-15-12/h4-7H,14H2,1-3H3,(H2,15,16,17,18). The number of nitrogens with one attached hydrogen (secondary N) is 2. The lowest BCUT2D eigenvalue weighted by molar-refractivity contribution is 0.412. The summed E-state index contributed by atoms with van der Waals surface area (Å²) in [4.78, 5) is 8.24. The van der Waals surface area contributed by atoms with Gasteiger partial charge >= 0.3 is 0 Å². The van der Waals surface area contributed by atoms with Crippen LogP contribution in [-0.4, -0.2) is 17.1 Å². The minimum atomic E-state index is 0.600. The predicted octanol–water partition coefficient (Wildman–Crippen LogP) is 2.13. The average Bonchev–Trinajstić information content (AvgIpc) is 2.41. The molecular formula is C13H17N5O. The van der Waals surface area contributed by atoms with E-state index >= 15 is 0 Å². The van der Waals surface area contributed by atoms with Crippen molar-refractivity contribution in [3.05, 3.63) is 35.7 Å². The second kappa shape index (κ2) is 5.53. The first-order chi connectivity index (χ1) is 9.15. The fourth-order valence-corrected chi connectivity index (χ4v) is 1.81. The van der Waals surface area contributed by atoms with E-state index in [2.05, 4.69) is 20.7 Å². The van der Waals surface area contributed by atoms with Crippen molar-refractivity contribution in [1.29, 1.82) is 0 Å². The monoisotopic (exact) mass is 259 g/mol. The molecule has 6 heteroatoms. The molecule has 1 aromatic carbocycles. The van der Waals surface area contributed by atoms with Crippen molar-refractivity contribution in [3.63, 3.8) is 0 Å². The lowest BCUT2D eigenvalue weighted by Gasteiger charge is -2.12. The zero-order chi connectivity index (χ0) is 13.8. The number of rotatable bonds is 4. The average molecular weight is 259 g/mol. The van der Waals surface area contributed by atoms with Crippen LogP contribution in [0, 0.1) is 13.8 Å². The molecule has 0 aliphatic rings. The Bertz CT molecular complexity index is 585. The first-order valence-electron chi connectivity index (χ1n) is 5.85. The molecule has 0 radical (unpaired) electrons. The molecule has 0 unspecified atom stereocenters. The first-order valence-corrected chi connectivity index (χ1v) is 5.85. The molecule has 4 N–H and O–H groups in total. The van der Waals surface area contributed by atoms with Crippen LogP contribution in [0.3, 0.4) is 0 Å². The van der Waals surface area contributed by atoms with Gasteiger partial charge in [0.15, 0.2) is 0 Å². The summed E-state index contributed by atoms with van der Waals surface area (Å²) < 4.78 is 5.23. The van der Waals surface area contributed by atoms with Crippen molar-refractivity contribution >= 4 is 17.3 Å². The van der Waals surface area contributed by atoms with Crippen LogP contribution >= 0.6 is 0 Å². The number of nitrogens with zero attached hydrogens (tertiary/aromatic N) is 2. The number of nitrogen functional groups attached to an aromatic ring is 1. The van der Waals surface area contributed by atoms with Crippen molar-refractivity contribution in [3.8, 4) is 5.75 Å². The van der Waals surface area contributed by atoms with Gasteiger partial charge in [0.1, 0.15) is 23.7 Å². The minimum absolute atomic E-state index is 0.600. The van der Waals surface area contributed by atoms with E-state index in [1.165, 1.54) is 6.33 Å². The number of methoxy groups -OCH3 is 1. The molecule has 0 spiro atoms. The summed E-state index contributed by atoms with van der Waals surface area (Å²) >= 11 is 0. The van der Waals surface area contributed by atoms with Gasteiger partial charge in [-0.3, -0.25) is 0 Å². The number of benzene rings is 1. The molecule has 6 nitrogen and oxygen atoms in total. The van der Waals surface area contributed by atoms with Crippen LogP contribution in [0.25, 0.3) is 0 Å². The van der Waals surface area contributed by atoms with Gasteiger partial charge in [0.2, 0.25) is 0 Å². The zero-order valence-corrected chi connectivity index (χ0v) is 11.2. The smallest absolute Gasteiger partial charge is 0.148 e. The Morgan fingerprint density at radius 3 is 2.53 bits per heavy atom. The van der Waals surface area contributed by atoms with Crippen molar-refractivity contribution in [2.45, 2.75) is 13.8 Å². The third-order valence-corrected chi connectivity index (χ3v) is 2.88. The Hall–Kier alpha value is -2.34. The number of ether oxygens (including phenoxy) is 1. The Balaban J connectivity index is 2.29. The molecule has 1 heterocycles. The molecule has 0 saturated carbocycles. The molecule has 0 aliphatic heterocycles. The van der Waals surface area contributed by atoms with Gasteiger partial charge in [-0.15, -0.1) is 0 Å². The maximum atomic E-state index is 5.39. The number of anilines is 3. The van der Waals surface area contributed by atoms with Gasteiger partial charge in [0.05, 0.1) is 7.11 Å². The lowest BCUT2D eigenvalue weighted by Crippen LogP contribution is -2.11. The van der Waals surface area contributed by atoms with Crippen LogP contribution in [0.15, 0.2) is 24.5 Å². The molecule has 2 rings (SSSR count). The fraction of sp³-hybridized carbons (Fsp3) is 0.231. The van der Waals surface area contributed by atoms with Crippen molar-refractivity contribution in [2.24, 2.45) is 5.84 Å². The summed E-state index contributed by atoms with van der Waals surface area (Å²) in [7, 11) is 1.66.